The van der Waals surface area contributed by atoms with Crippen LogP contribution in [0.4, 0.5) is 18.9 Å². The largest absolute Gasteiger partial charge is 0.418 e. The van der Waals surface area contributed by atoms with Crippen molar-refractivity contribution in [3.8, 4) is 11.4 Å². The van der Waals surface area contributed by atoms with E-state index in [2.05, 4.69) is 15.5 Å². The Morgan fingerprint density at radius 1 is 1.18 bits per heavy atom. The molecule has 1 N–H and O–H groups in total. The van der Waals surface area contributed by atoms with Gasteiger partial charge in [-0.15, -0.1) is 10.2 Å². The van der Waals surface area contributed by atoms with Crippen LogP contribution in [0.15, 0.2) is 53.7 Å². The number of ether oxygens (including phenoxy) is 1. The molecule has 1 saturated heterocycles. The number of rotatable bonds is 7. The Kier molecular flexibility index (Phi) is 7.26. The fourth-order valence-corrected chi connectivity index (χ4v) is 4.39. The summed E-state index contributed by atoms with van der Waals surface area (Å²) in [5.41, 5.74) is -0.367. The van der Waals surface area contributed by atoms with Crippen LogP contribution in [0.2, 0.25) is 5.02 Å². The molecule has 0 bridgehead atoms. The minimum atomic E-state index is -4.56. The molecular weight excluding hydrogens is 477 g/mol. The fraction of sp³-hybridized carbons (Fsp3) is 0.318. The number of anilines is 1. The van der Waals surface area contributed by atoms with Gasteiger partial charge in [-0.3, -0.25) is 9.36 Å². The predicted molar refractivity (Wildman–Crippen MR) is 120 cm³/mol. The fourth-order valence-electron chi connectivity index (χ4n) is 3.52. The summed E-state index contributed by atoms with van der Waals surface area (Å²) in [5, 5.41) is 11.9. The van der Waals surface area contributed by atoms with E-state index in [4.69, 9.17) is 16.3 Å². The molecule has 0 saturated carbocycles. The Balaban J connectivity index is 1.51. The lowest BCUT2D eigenvalue weighted by molar-refractivity contribution is -0.137. The Bertz CT molecular complexity index is 1120. The third-order valence-electron chi connectivity index (χ3n) is 5.07. The number of nitrogens with one attached hydrogen (secondary N) is 1. The van der Waals surface area contributed by atoms with E-state index >= 15 is 0 Å². The smallest absolute Gasteiger partial charge is 0.376 e. The number of carbonyl (C=O) groups excluding carboxylic acids is 1. The van der Waals surface area contributed by atoms with Crippen LogP contribution in [0.1, 0.15) is 18.4 Å². The topological polar surface area (TPSA) is 69.0 Å². The summed E-state index contributed by atoms with van der Waals surface area (Å²) in [6.45, 7) is 1.19. The number of aromatic nitrogens is 3. The molecular formula is C22H20ClF3N4O2S. The Hall–Kier alpha value is -2.56. The van der Waals surface area contributed by atoms with Crippen LogP contribution in [0.25, 0.3) is 11.4 Å². The minimum absolute atomic E-state index is 0.00103. The molecule has 0 spiro atoms. The van der Waals surface area contributed by atoms with Crippen LogP contribution in [0.5, 0.6) is 0 Å². The highest BCUT2D eigenvalue weighted by atomic mass is 35.5. The van der Waals surface area contributed by atoms with Crippen molar-refractivity contribution in [1.29, 1.82) is 0 Å². The van der Waals surface area contributed by atoms with Gasteiger partial charge in [-0.1, -0.05) is 35.5 Å². The SMILES string of the molecule is O=C(CSc1nnc(-c2ccc(Cl)cc2)n1CC1CCCO1)Nc1ccccc1C(F)(F)F. The van der Waals surface area contributed by atoms with Gasteiger partial charge >= 0.3 is 6.18 Å². The van der Waals surface area contributed by atoms with Crippen molar-refractivity contribution >= 4 is 35.0 Å². The van der Waals surface area contributed by atoms with Crippen LogP contribution in [-0.4, -0.2) is 39.1 Å². The van der Waals surface area contributed by atoms with Crippen LogP contribution in [0.3, 0.4) is 0 Å². The van der Waals surface area contributed by atoms with Gasteiger partial charge in [0.25, 0.3) is 0 Å². The normalized spacial score (nSPS) is 16.2. The van der Waals surface area contributed by atoms with Crippen molar-refractivity contribution < 1.29 is 22.7 Å². The van der Waals surface area contributed by atoms with Crippen molar-refractivity contribution in [2.24, 2.45) is 0 Å². The van der Waals surface area contributed by atoms with Crippen LogP contribution in [-0.2, 0) is 22.3 Å². The predicted octanol–water partition coefficient (Wildman–Crippen LogP) is 5.53. The first-order valence-electron chi connectivity index (χ1n) is 10.2. The van der Waals surface area contributed by atoms with Gasteiger partial charge in [0.05, 0.1) is 29.7 Å². The number of amides is 1. The average Bonchev–Trinajstić information content (AvgIpc) is 3.43. The molecule has 6 nitrogen and oxygen atoms in total. The van der Waals surface area contributed by atoms with Gasteiger partial charge < -0.3 is 10.1 Å². The molecule has 1 aromatic heterocycles. The Morgan fingerprint density at radius 2 is 1.94 bits per heavy atom. The van der Waals surface area contributed by atoms with Crippen molar-refractivity contribution in [2.45, 2.75) is 36.8 Å². The first kappa shape index (κ1) is 23.6. The third-order valence-corrected chi connectivity index (χ3v) is 6.29. The van der Waals surface area contributed by atoms with Gasteiger partial charge in [0.1, 0.15) is 0 Å². The molecule has 0 aliphatic carbocycles. The highest BCUT2D eigenvalue weighted by Crippen LogP contribution is 2.35. The molecule has 33 heavy (non-hydrogen) atoms. The first-order valence-corrected chi connectivity index (χ1v) is 11.6. The van der Waals surface area contributed by atoms with Crippen LogP contribution in [0, 0.1) is 0 Å². The number of thioether (sulfide) groups is 1. The van der Waals surface area contributed by atoms with Gasteiger partial charge in [-0.2, -0.15) is 13.2 Å². The third kappa shape index (κ3) is 5.87. The zero-order valence-electron chi connectivity index (χ0n) is 17.3. The van der Waals surface area contributed by atoms with E-state index in [0.717, 1.165) is 36.2 Å². The highest BCUT2D eigenvalue weighted by molar-refractivity contribution is 7.99. The molecule has 4 rings (SSSR count). The molecule has 174 valence electrons. The van der Waals surface area contributed by atoms with Crippen molar-refractivity contribution in [3.05, 3.63) is 59.1 Å². The van der Waals surface area contributed by atoms with E-state index in [1.165, 1.54) is 18.2 Å². The van der Waals surface area contributed by atoms with Crippen LogP contribution < -0.4 is 5.32 Å². The van der Waals surface area contributed by atoms with Gasteiger partial charge in [0.2, 0.25) is 5.91 Å². The van der Waals surface area contributed by atoms with Gasteiger partial charge in [-0.05, 0) is 49.2 Å². The molecule has 11 heteroatoms. The maximum absolute atomic E-state index is 13.2. The maximum Gasteiger partial charge on any atom is 0.418 e. The van der Waals surface area contributed by atoms with Crippen LogP contribution >= 0.6 is 23.4 Å². The molecule has 3 aromatic rings. The van der Waals surface area contributed by atoms with E-state index in [0.29, 0.717) is 29.2 Å². The second-order valence-electron chi connectivity index (χ2n) is 7.44. The lowest BCUT2D eigenvalue weighted by Gasteiger charge is -2.15. The van der Waals surface area contributed by atoms with E-state index in [1.807, 2.05) is 16.7 Å². The first-order chi connectivity index (χ1) is 15.8. The summed E-state index contributed by atoms with van der Waals surface area (Å²) < 4.78 is 47.2. The molecule has 1 aliphatic heterocycles. The number of halogens is 4. The second-order valence-corrected chi connectivity index (χ2v) is 8.82. The molecule has 2 aromatic carbocycles. The summed E-state index contributed by atoms with van der Waals surface area (Å²) in [4.78, 5) is 12.4. The van der Waals surface area contributed by atoms with Gasteiger partial charge in [0, 0.05) is 17.2 Å². The quantitative estimate of drug-likeness (QED) is 0.436. The zero-order chi connectivity index (χ0) is 23.4. The summed E-state index contributed by atoms with van der Waals surface area (Å²) >= 11 is 7.09. The Labute approximate surface area is 197 Å². The summed E-state index contributed by atoms with van der Waals surface area (Å²) in [6.07, 6.45) is -2.70. The highest BCUT2D eigenvalue weighted by Gasteiger charge is 2.33. The van der Waals surface area contributed by atoms with Crippen molar-refractivity contribution in [2.75, 3.05) is 17.7 Å². The zero-order valence-corrected chi connectivity index (χ0v) is 18.9. The van der Waals surface area contributed by atoms with E-state index in [-0.39, 0.29) is 17.5 Å². The molecule has 2 heterocycles. The molecule has 1 unspecified atom stereocenters. The number of hydrogen-bond donors (Lipinski definition) is 1. The summed E-state index contributed by atoms with van der Waals surface area (Å²) in [5.74, 6) is -0.0971. The monoisotopic (exact) mass is 496 g/mol. The number of benzene rings is 2. The Morgan fingerprint density at radius 3 is 2.64 bits per heavy atom. The number of hydrogen-bond acceptors (Lipinski definition) is 5. The standard InChI is InChI=1S/C22H20ClF3N4O2S/c23-15-9-7-14(8-10-15)20-28-29-21(30(20)12-16-4-3-11-32-16)33-13-19(31)27-18-6-2-1-5-17(18)22(24,25)26/h1-2,5-10,16H,3-4,11-13H2,(H,27,31). The molecule has 1 amide bonds. The number of carbonyl (C=O) groups is 1. The molecule has 0 radical (unpaired) electrons. The number of alkyl halides is 3. The summed E-state index contributed by atoms with van der Waals surface area (Å²) in [6, 6.07) is 12.0. The van der Waals surface area contributed by atoms with Crippen molar-refractivity contribution in [1.82, 2.24) is 14.8 Å². The second kappa shape index (κ2) is 10.1. The number of para-hydroxylation sites is 1. The average molecular weight is 497 g/mol. The van der Waals surface area contributed by atoms with E-state index in [1.54, 1.807) is 12.1 Å². The van der Waals surface area contributed by atoms with Gasteiger partial charge in [-0.25, -0.2) is 0 Å². The minimum Gasteiger partial charge on any atom is -0.376 e. The molecule has 1 aliphatic rings. The van der Waals surface area contributed by atoms with E-state index in [9.17, 15) is 18.0 Å². The van der Waals surface area contributed by atoms with Crippen molar-refractivity contribution in [3.63, 3.8) is 0 Å². The van der Waals surface area contributed by atoms with Gasteiger partial charge in [0.15, 0.2) is 11.0 Å². The molecule has 1 atom stereocenters. The molecule has 1 fully saturated rings. The summed E-state index contributed by atoms with van der Waals surface area (Å²) in [7, 11) is 0. The number of nitrogens with zero attached hydrogens (tertiary/aromatic N) is 3. The maximum atomic E-state index is 13.2. The van der Waals surface area contributed by atoms with E-state index < -0.39 is 17.6 Å². The lowest BCUT2D eigenvalue weighted by atomic mass is 10.1. The lowest BCUT2D eigenvalue weighted by Crippen LogP contribution is -2.19.